The minimum absolute atomic E-state index is 0.0144. The zero-order valence-corrected chi connectivity index (χ0v) is 18.4. The van der Waals surface area contributed by atoms with E-state index < -0.39 is 16.0 Å². The first-order valence-electron chi connectivity index (χ1n) is 9.75. The number of benzene rings is 3. The first-order valence-corrected chi connectivity index (χ1v) is 11.2. The van der Waals surface area contributed by atoms with E-state index in [2.05, 4.69) is 4.72 Å². The van der Waals surface area contributed by atoms with E-state index in [0.29, 0.717) is 17.5 Å². The molecule has 0 amide bonds. The summed E-state index contributed by atoms with van der Waals surface area (Å²) < 4.78 is 45.9. The fourth-order valence-corrected chi connectivity index (χ4v) is 4.26. The molecular weight excluding hydrogens is 417 g/mol. The molecule has 162 valence electrons. The van der Waals surface area contributed by atoms with Crippen LogP contribution in [-0.2, 0) is 21.2 Å². The van der Waals surface area contributed by atoms with Crippen LogP contribution in [0, 0.1) is 19.7 Å². The summed E-state index contributed by atoms with van der Waals surface area (Å²) in [6, 6.07) is 17.0. The molecule has 0 heterocycles. The summed E-state index contributed by atoms with van der Waals surface area (Å²) in [6.45, 7) is 3.65. The van der Waals surface area contributed by atoms with Gasteiger partial charge in [0.1, 0.15) is 5.82 Å². The van der Waals surface area contributed by atoms with E-state index in [9.17, 15) is 17.6 Å². The topological polar surface area (TPSA) is 72.5 Å². The molecule has 0 atom stereocenters. The largest absolute Gasteiger partial charge is 0.465 e. The summed E-state index contributed by atoms with van der Waals surface area (Å²) in [7, 11) is -2.51. The number of hydrogen-bond donors (Lipinski definition) is 1. The number of esters is 1. The Morgan fingerprint density at radius 2 is 1.61 bits per heavy atom. The van der Waals surface area contributed by atoms with Gasteiger partial charge < -0.3 is 4.74 Å². The van der Waals surface area contributed by atoms with Crippen molar-refractivity contribution < 1.29 is 22.3 Å². The number of carbonyl (C=O) groups is 1. The predicted octanol–water partition coefficient (Wildman–Crippen LogP) is 4.42. The SMILES string of the molecule is COC(=O)c1cc(S(=O)(=O)NCCc2ccc(-c3ccc(F)c(C)c3)cc2)ccc1C. The third-order valence-corrected chi connectivity index (χ3v) is 6.53. The van der Waals surface area contributed by atoms with Gasteiger partial charge in [-0.3, -0.25) is 0 Å². The molecule has 0 bridgehead atoms. The third kappa shape index (κ3) is 5.37. The highest BCUT2D eigenvalue weighted by molar-refractivity contribution is 7.89. The summed E-state index contributed by atoms with van der Waals surface area (Å²) in [5, 5.41) is 0. The molecule has 0 saturated heterocycles. The fourth-order valence-electron chi connectivity index (χ4n) is 3.20. The second kappa shape index (κ2) is 9.41. The highest BCUT2D eigenvalue weighted by Crippen LogP contribution is 2.22. The van der Waals surface area contributed by atoms with Crippen molar-refractivity contribution in [1.29, 1.82) is 0 Å². The van der Waals surface area contributed by atoms with Gasteiger partial charge in [0.15, 0.2) is 0 Å². The Morgan fingerprint density at radius 1 is 0.935 bits per heavy atom. The first-order chi connectivity index (χ1) is 14.7. The van der Waals surface area contributed by atoms with Gasteiger partial charge in [-0.1, -0.05) is 36.4 Å². The lowest BCUT2D eigenvalue weighted by Gasteiger charge is -2.10. The van der Waals surface area contributed by atoms with Gasteiger partial charge in [0, 0.05) is 6.54 Å². The van der Waals surface area contributed by atoms with Crippen molar-refractivity contribution in [3.8, 4) is 11.1 Å². The van der Waals surface area contributed by atoms with Gasteiger partial charge in [0.2, 0.25) is 10.0 Å². The second-order valence-corrected chi connectivity index (χ2v) is 9.04. The highest BCUT2D eigenvalue weighted by Gasteiger charge is 2.18. The van der Waals surface area contributed by atoms with Crippen LogP contribution in [0.1, 0.15) is 27.0 Å². The standard InChI is InChI=1S/C24H24FNO4S/c1-16-4-10-21(15-22(16)24(27)30-3)31(28,29)26-13-12-18-5-7-19(8-6-18)20-9-11-23(25)17(2)14-20/h4-11,14-15,26H,12-13H2,1-3H3. The Balaban J connectivity index is 1.65. The van der Waals surface area contributed by atoms with Gasteiger partial charge in [-0.15, -0.1) is 0 Å². The van der Waals surface area contributed by atoms with E-state index in [0.717, 1.165) is 16.7 Å². The number of hydrogen-bond acceptors (Lipinski definition) is 4. The zero-order valence-electron chi connectivity index (χ0n) is 17.6. The molecule has 31 heavy (non-hydrogen) atoms. The van der Waals surface area contributed by atoms with Crippen LogP contribution in [0.2, 0.25) is 0 Å². The zero-order chi connectivity index (χ0) is 22.6. The van der Waals surface area contributed by atoms with Crippen molar-refractivity contribution in [1.82, 2.24) is 4.72 Å². The van der Waals surface area contributed by atoms with Gasteiger partial charge in [-0.2, -0.15) is 0 Å². The van der Waals surface area contributed by atoms with Gasteiger partial charge in [0.25, 0.3) is 0 Å². The van der Waals surface area contributed by atoms with Crippen molar-refractivity contribution in [3.05, 3.63) is 88.7 Å². The quantitative estimate of drug-likeness (QED) is 0.551. The average Bonchev–Trinajstić information content (AvgIpc) is 2.75. The van der Waals surface area contributed by atoms with Crippen molar-refractivity contribution in [2.45, 2.75) is 25.2 Å². The molecule has 0 radical (unpaired) electrons. The lowest BCUT2D eigenvalue weighted by atomic mass is 10.0. The lowest BCUT2D eigenvalue weighted by molar-refractivity contribution is 0.0599. The average molecular weight is 442 g/mol. The number of ether oxygens (including phenoxy) is 1. The predicted molar refractivity (Wildman–Crippen MR) is 118 cm³/mol. The highest BCUT2D eigenvalue weighted by atomic mass is 32.2. The summed E-state index contributed by atoms with van der Waals surface area (Å²) in [5.74, 6) is -0.814. The molecule has 0 aliphatic carbocycles. The van der Waals surface area contributed by atoms with Crippen molar-refractivity contribution in [2.75, 3.05) is 13.7 Å². The van der Waals surface area contributed by atoms with Crippen molar-refractivity contribution in [3.63, 3.8) is 0 Å². The molecule has 7 heteroatoms. The third-order valence-electron chi connectivity index (χ3n) is 5.08. The van der Waals surface area contributed by atoms with Crippen LogP contribution in [0.4, 0.5) is 4.39 Å². The Bertz CT molecular complexity index is 1200. The van der Waals surface area contributed by atoms with Crippen LogP contribution in [-0.4, -0.2) is 28.0 Å². The van der Waals surface area contributed by atoms with Crippen molar-refractivity contribution >= 4 is 16.0 Å². The smallest absolute Gasteiger partial charge is 0.338 e. The molecule has 0 spiro atoms. The minimum Gasteiger partial charge on any atom is -0.465 e. The summed E-state index contributed by atoms with van der Waals surface area (Å²) in [5.41, 5.74) is 4.29. The number of aryl methyl sites for hydroxylation is 2. The van der Waals surface area contributed by atoms with E-state index in [1.54, 1.807) is 32.0 Å². The summed E-state index contributed by atoms with van der Waals surface area (Å²) in [4.78, 5) is 11.8. The van der Waals surface area contributed by atoms with E-state index in [4.69, 9.17) is 4.74 Å². The second-order valence-electron chi connectivity index (χ2n) is 7.28. The molecule has 1 N–H and O–H groups in total. The maximum absolute atomic E-state index is 13.5. The van der Waals surface area contributed by atoms with E-state index in [1.807, 2.05) is 24.3 Å². The monoisotopic (exact) mass is 441 g/mol. The summed E-state index contributed by atoms with van der Waals surface area (Å²) >= 11 is 0. The first kappa shape index (κ1) is 22.7. The Morgan fingerprint density at radius 3 is 2.26 bits per heavy atom. The number of carbonyl (C=O) groups excluding carboxylic acids is 1. The van der Waals surface area contributed by atoms with Crippen LogP contribution >= 0.6 is 0 Å². The maximum atomic E-state index is 13.5. The maximum Gasteiger partial charge on any atom is 0.338 e. The number of sulfonamides is 1. The number of rotatable bonds is 7. The van der Waals surface area contributed by atoms with Crippen molar-refractivity contribution in [2.24, 2.45) is 0 Å². The van der Waals surface area contributed by atoms with Crippen LogP contribution in [0.25, 0.3) is 11.1 Å². The van der Waals surface area contributed by atoms with E-state index in [-0.39, 0.29) is 22.8 Å². The van der Waals surface area contributed by atoms with Gasteiger partial charge >= 0.3 is 5.97 Å². The van der Waals surface area contributed by atoms with Gasteiger partial charge in [-0.05, 0) is 72.4 Å². The molecule has 0 saturated carbocycles. The molecule has 5 nitrogen and oxygen atoms in total. The minimum atomic E-state index is -3.76. The van der Waals surface area contributed by atoms with E-state index in [1.165, 1.54) is 25.3 Å². The molecule has 0 aliphatic rings. The Labute approximate surface area is 181 Å². The van der Waals surface area contributed by atoms with Gasteiger partial charge in [-0.25, -0.2) is 22.3 Å². The number of nitrogens with one attached hydrogen (secondary N) is 1. The van der Waals surface area contributed by atoms with Crippen LogP contribution in [0.15, 0.2) is 65.6 Å². The van der Waals surface area contributed by atoms with Crippen LogP contribution < -0.4 is 4.72 Å². The molecule has 0 aliphatic heterocycles. The molecule has 3 rings (SSSR count). The lowest BCUT2D eigenvalue weighted by Crippen LogP contribution is -2.26. The molecule has 3 aromatic rings. The Kier molecular flexibility index (Phi) is 6.87. The van der Waals surface area contributed by atoms with Crippen LogP contribution in [0.3, 0.4) is 0 Å². The summed E-state index contributed by atoms with van der Waals surface area (Å²) in [6.07, 6.45) is 0.498. The number of methoxy groups -OCH3 is 1. The normalized spacial score (nSPS) is 11.4. The van der Waals surface area contributed by atoms with Gasteiger partial charge in [0.05, 0.1) is 17.6 Å². The van der Waals surface area contributed by atoms with E-state index >= 15 is 0 Å². The molecule has 0 aromatic heterocycles. The van der Waals surface area contributed by atoms with Crippen LogP contribution in [0.5, 0.6) is 0 Å². The molecular formula is C24H24FNO4S. The molecule has 0 unspecified atom stereocenters. The number of halogens is 1. The molecule has 0 fully saturated rings. The fraction of sp³-hybridized carbons (Fsp3) is 0.208. The Hall–Kier alpha value is -3.03. The molecule has 3 aromatic carbocycles.